The highest BCUT2D eigenvalue weighted by atomic mass is 35.5. The fourth-order valence-electron chi connectivity index (χ4n) is 5.14. The van der Waals surface area contributed by atoms with Crippen molar-refractivity contribution in [2.75, 3.05) is 23.9 Å². The Labute approximate surface area is 198 Å². The largest absolute Gasteiger partial charge is 0.494 e. The van der Waals surface area contributed by atoms with E-state index in [2.05, 4.69) is 34.5 Å². The topological polar surface area (TPSA) is 50.3 Å². The highest BCUT2D eigenvalue weighted by Crippen LogP contribution is 2.45. The number of nitrogens with one attached hydrogen (secondary N) is 1. The Bertz CT molecular complexity index is 1330. The smallest absolute Gasteiger partial charge is 0.229 e. The molecule has 1 aliphatic heterocycles. The summed E-state index contributed by atoms with van der Waals surface area (Å²) in [5, 5.41) is 4.22. The molecule has 0 fully saturated rings. The lowest BCUT2D eigenvalue weighted by atomic mass is 9.93. The van der Waals surface area contributed by atoms with E-state index in [1.807, 2.05) is 12.1 Å². The van der Waals surface area contributed by atoms with E-state index in [1.54, 1.807) is 19.2 Å². The number of nitrogens with zero attached hydrogens (tertiary/aromatic N) is 3. The minimum Gasteiger partial charge on any atom is -0.494 e. The quantitative estimate of drug-likeness (QED) is 0.403. The number of rotatable bonds is 4. The van der Waals surface area contributed by atoms with E-state index < -0.39 is 0 Å². The van der Waals surface area contributed by atoms with Crippen LogP contribution in [0.25, 0.3) is 10.9 Å². The van der Waals surface area contributed by atoms with Crippen molar-refractivity contribution in [3.05, 3.63) is 83.2 Å². The first-order chi connectivity index (χ1) is 15.7. The predicted octanol–water partition coefficient (Wildman–Crippen LogP) is 5.99. The molecule has 2 aliphatic rings. The first-order valence-electron chi connectivity index (χ1n) is 11.0. The monoisotopic (exact) mass is 462 g/mol. The summed E-state index contributed by atoms with van der Waals surface area (Å²) in [5.74, 6) is 1.81. The SMILES string of the molecule is COc1cccc2c(N3CCc4cccc5c4C3CC5)nc(Nc3ccc(F)cc3)nc12.Cl. The predicted molar refractivity (Wildman–Crippen MR) is 132 cm³/mol. The van der Waals surface area contributed by atoms with Crippen LogP contribution in [-0.4, -0.2) is 23.6 Å². The fourth-order valence-corrected chi connectivity index (χ4v) is 5.14. The van der Waals surface area contributed by atoms with Crippen LogP contribution in [0.1, 0.15) is 29.2 Å². The minimum absolute atomic E-state index is 0. The molecule has 7 heteroatoms. The molecule has 0 amide bonds. The molecule has 0 saturated heterocycles. The molecule has 5 nitrogen and oxygen atoms in total. The zero-order valence-electron chi connectivity index (χ0n) is 18.2. The van der Waals surface area contributed by atoms with Gasteiger partial charge >= 0.3 is 0 Å². The first kappa shape index (κ1) is 21.5. The summed E-state index contributed by atoms with van der Waals surface area (Å²) in [6, 6.07) is 19.2. The molecular formula is C26H24ClFN4O. The lowest BCUT2D eigenvalue weighted by molar-refractivity contribution is 0.419. The Hall–Kier alpha value is -3.38. The van der Waals surface area contributed by atoms with E-state index in [0.29, 0.717) is 17.7 Å². The maximum Gasteiger partial charge on any atom is 0.229 e. The zero-order valence-corrected chi connectivity index (χ0v) is 19.0. The van der Waals surface area contributed by atoms with Crippen molar-refractivity contribution in [1.29, 1.82) is 0 Å². The van der Waals surface area contributed by atoms with Gasteiger partial charge in [0.25, 0.3) is 0 Å². The molecule has 0 saturated carbocycles. The molecule has 1 atom stereocenters. The van der Waals surface area contributed by atoms with Crippen LogP contribution in [0, 0.1) is 5.82 Å². The van der Waals surface area contributed by atoms with Crippen LogP contribution in [0.2, 0.25) is 0 Å². The van der Waals surface area contributed by atoms with Crippen molar-refractivity contribution in [3.8, 4) is 5.75 Å². The van der Waals surface area contributed by atoms with Crippen LogP contribution in [0.4, 0.5) is 21.8 Å². The van der Waals surface area contributed by atoms with E-state index in [1.165, 1.54) is 28.8 Å². The molecule has 1 aliphatic carbocycles. The Morgan fingerprint density at radius 1 is 0.970 bits per heavy atom. The average Bonchev–Trinajstić information content (AvgIpc) is 3.26. The van der Waals surface area contributed by atoms with E-state index in [9.17, 15) is 4.39 Å². The molecule has 3 aromatic carbocycles. The van der Waals surface area contributed by atoms with Gasteiger partial charge in [-0.1, -0.05) is 24.3 Å². The normalized spacial score (nSPS) is 16.3. The van der Waals surface area contributed by atoms with Gasteiger partial charge in [-0.2, -0.15) is 4.98 Å². The van der Waals surface area contributed by atoms with E-state index in [0.717, 1.165) is 48.2 Å². The maximum atomic E-state index is 13.4. The maximum absolute atomic E-state index is 13.4. The molecule has 6 rings (SSSR count). The van der Waals surface area contributed by atoms with Crippen molar-refractivity contribution >= 4 is 40.8 Å². The number of ether oxygens (including phenoxy) is 1. The van der Waals surface area contributed by atoms with Crippen LogP contribution >= 0.6 is 12.4 Å². The third-order valence-electron chi connectivity index (χ3n) is 6.57. The van der Waals surface area contributed by atoms with Crippen molar-refractivity contribution < 1.29 is 9.13 Å². The van der Waals surface area contributed by atoms with Crippen molar-refractivity contribution in [3.63, 3.8) is 0 Å². The number of halogens is 2. The van der Waals surface area contributed by atoms with Crippen LogP contribution in [0.15, 0.2) is 60.7 Å². The third-order valence-corrected chi connectivity index (χ3v) is 6.57. The van der Waals surface area contributed by atoms with Gasteiger partial charge in [0, 0.05) is 17.6 Å². The zero-order chi connectivity index (χ0) is 21.7. The lowest BCUT2D eigenvalue weighted by Crippen LogP contribution is -2.35. The van der Waals surface area contributed by atoms with E-state index in [-0.39, 0.29) is 18.2 Å². The summed E-state index contributed by atoms with van der Waals surface area (Å²) in [7, 11) is 1.66. The Morgan fingerprint density at radius 3 is 2.52 bits per heavy atom. The van der Waals surface area contributed by atoms with Crippen LogP contribution in [-0.2, 0) is 12.8 Å². The van der Waals surface area contributed by atoms with Gasteiger partial charge in [-0.05, 0) is 72.4 Å². The van der Waals surface area contributed by atoms with Gasteiger partial charge < -0.3 is 15.0 Å². The molecule has 0 spiro atoms. The molecule has 4 aromatic rings. The van der Waals surface area contributed by atoms with Crippen molar-refractivity contribution in [2.24, 2.45) is 0 Å². The second-order valence-corrected chi connectivity index (χ2v) is 8.35. The third kappa shape index (κ3) is 3.64. The molecule has 1 N–H and O–H groups in total. The number of aryl methyl sites for hydroxylation is 1. The Morgan fingerprint density at radius 2 is 1.73 bits per heavy atom. The number of aromatic nitrogens is 2. The molecule has 33 heavy (non-hydrogen) atoms. The number of para-hydroxylation sites is 1. The summed E-state index contributed by atoms with van der Waals surface area (Å²) >= 11 is 0. The molecule has 168 valence electrons. The average molecular weight is 463 g/mol. The summed E-state index contributed by atoms with van der Waals surface area (Å²) in [5.41, 5.74) is 5.89. The molecule has 2 heterocycles. The molecule has 1 unspecified atom stereocenters. The van der Waals surface area contributed by atoms with Gasteiger partial charge in [-0.25, -0.2) is 9.37 Å². The van der Waals surface area contributed by atoms with Gasteiger partial charge in [-0.15, -0.1) is 12.4 Å². The number of benzene rings is 3. The Balaban J connectivity index is 0.00000228. The number of methoxy groups -OCH3 is 1. The van der Waals surface area contributed by atoms with Crippen LogP contribution in [0.3, 0.4) is 0 Å². The number of anilines is 3. The lowest BCUT2D eigenvalue weighted by Gasteiger charge is -2.36. The Kier molecular flexibility index (Phi) is 5.54. The highest BCUT2D eigenvalue weighted by Gasteiger charge is 2.35. The van der Waals surface area contributed by atoms with Gasteiger partial charge in [-0.3, -0.25) is 0 Å². The van der Waals surface area contributed by atoms with Gasteiger partial charge in [0.2, 0.25) is 5.95 Å². The number of hydrogen-bond donors (Lipinski definition) is 1. The second kappa shape index (κ2) is 8.52. The molecule has 1 aromatic heterocycles. The van der Waals surface area contributed by atoms with Gasteiger partial charge in [0.15, 0.2) is 0 Å². The summed E-state index contributed by atoms with van der Waals surface area (Å²) in [4.78, 5) is 12.2. The van der Waals surface area contributed by atoms with Crippen molar-refractivity contribution in [2.45, 2.75) is 25.3 Å². The number of fused-ring (bicyclic) bond motifs is 1. The molecular weight excluding hydrogens is 439 g/mol. The highest BCUT2D eigenvalue weighted by molar-refractivity contribution is 5.95. The number of hydrogen-bond acceptors (Lipinski definition) is 5. The van der Waals surface area contributed by atoms with Crippen LogP contribution in [0.5, 0.6) is 5.75 Å². The fraction of sp³-hybridized carbons (Fsp3) is 0.231. The van der Waals surface area contributed by atoms with E-state index >= 15 is 0 Å². The molecule has 0 radical (unpaired) electrons. The van der Waals surface area contributed by atoms with E-state index in [4.69, 9.17) is 14.7 Å². The second-order valence-electron chi connectivity index (χ2n) is 8.35. The van der Waals surface area contributed by atoms with Crippen LogP contribution < -0.4 is 15.0 Å². The molecule has 0 bridgehead atoms. The van der Waals surface area contributed by atoms with Gasteiger partial charge in [0.1, 0.15) is 22.9 Å². The summed E-state index contributed by atoms with van der Waals surface area (Å²) in [6.45, 7) is 0.903. The summed E-state index contributed by atoms with van der Waals surface area (Å²) < 4.78 is 19.0. The standard InChI is InChI=1S/C26H23FN4O.ClH/c1-32-22-7-3-6-20-24(22)29-26(28-19-11-9-18(27)10-12-19)30-25(20)31-15-14-17-5-2-4-16-8-13-21(31)23(16)17;/h2-7,9-12,21H,8,13-15H2,1H3,(H,28,29,30);1H. The van der Waals surface area contributed by atoms with Gasteiger partial charge in [0.05, 0.1) is 13.2 Å². The first-order valence-corrected chi connectivity index (χ1v) is 11.0. The summed E-state index contributed by atoms with van der Waals surface area (Å²) in [6.07, 6.45) is 3.18. The minimum atomic E-state index is -0.277. The van der Waals surface area contributed by atoms with Crippen molar-refractivity contribution in [1.82, 2.24) is 9.97 Å².